The highest BCUT2D eigenvalue weighted by molar-refractivity contribution is 7.19. The van der Waals surface area contributed by atoms with E-state index >= 15 is 0 Å². The molecule has 9 aromatic carbocycles. The Morgan fingerprint density at radius 3 is 1.11 bits per heavy atom. The van der Waals surface area contributed by atoms with Crippen LogP contribution in [0.15, 0.2) is 255 Å². The second-order valence-corrected chi connectivity index (χ2v) is 18.7. The van der Waals surface area contributed by atoms with Crippen molar-refractivity contribution in [3.8, 4) is 69.7 Å². The predicted octanol–water partition coefficient (Wildman–Crippen LogP) is 18.4. The second-order valence-electron chi connectivity index (χ2n) is 16.5. The quantitative estimate of drug-likeness (QED) is 0.133. The van der Waals surface area contributed by atoms with Crippen molar-refractivity contribution in [1.29, 1.82) is 0 Å². The van der Waals surface area contributed by atoms with Gasteiger partial charge in [0.25, 0.3) is 0 Å². The van der Waals surface area contributed by atoms with Crippen molar-refractivity contribution in [1.82, 2.24) is 4.57 Å². The molecule has 2 nitrogen and oxygen atoms in total. The van der Waals surface area contributed by atoms with Gasteiger partial charge in [-0.05, 0) is 136 Å². The number of anilines is 3. The van der Waals surface area contributed by atoms with E-state index in [2.05, 4.69) is 264 Å². The lowest BCUT2D eigenvalue weighted by Gasteiger charge is -2.26. The molecule has 12 aromatic rings. The maximum atomic E-state index is 2.39. The third-order valence-electron chi connectivity index (χ3n) is 12.5. The summed E-state index contributed by atoms with van der Waals surface area (Å²) in [6.07, 6.45) is 0. The first-order valence-electron chi connectivity index (χ1n) is 22.3. The van der Waals surface area contributed by atoms with Crippen LogP contribution in [0.2, 0.25) is 0 Å². The number of para-hydroxylation sites is 1. The van der Waals surface area contributed by atoms with Crippen LogP contribution < -0.4 is 4.90 Å². The average molecular weight is 879 g/mol. The third-order valence-corrected chi connectivity index (χ3v) is 14.9. The minimum absolute atomic E-state index is 1.10. The largest absolute Gasteiger partial charge is 0.311 e. The molecule has 0 N–H and O–H groups in total. The molecule has 0 spiro atoms. The molecule has 4 heteroatoms. The molecule has 0 atom stereocenters. The lowest BCUT2D eigenvalue weighted by Crippen LogP contribution is -2.09. The Morgan fingerprint density at radius 2 is 0.606 bits per heavy atom. The minimum atomic E-state index is 1.10. The van der Waals surface area contributed by atoms with E-state index in [4.69, 9.17) is 0 Å². The van der Waals surface area contributed by atoms with Crippen LogP contribution in [0.1, 0.15) is 0 Å². The SMILES string of the molecule is c1ccc(-c2ccc(-n3c4ccccc4c4cc(-c5ccc(N(c6ccc(-c7ccc(-c8ccccc8)s7)cc6)c6ccc(-c7ccc(-c8ccccc8)s7)cc6)cc5)ccc43)cc2)cc1. The summed E-state index contributed by atoms with van der Waals surface area (Å²) in [6.45, 7) is 0. The Labute approximate surface area is 393 Å². The van der Waals surface area contributed by atoms with Crippen LogP contribution in [0.5, 0.6) is 0 Å². The number of rotatable bonds is 10. The van der Waals surface area contributed by atoms with E-state index in [1.807, 2.05) is 22.7 Å². The molecule has 0 aliphatic rings. The van der Waals surface area contributed by atoms with Gasteiger partial charge in [-0.3, -0.25) is 0 Å². The molecule has 0 aliphatic heterocycles. The zero-order chi connectivity index (χ0) is 43.8. The average Bonchev–Trinajstić information content (AvgIpc) is 4.17. The van der Waals surface area contributed by atoms with Crippen molar-refractivity contribution < 1.29 is 0 Å². The molecule has 3 heterocycles. The molecule has 0 unspecified atom stereocenters. The molecule has 12 rings (SSSR count). The van der Waals surface area contributed by atoms with Crippen molar-refractivity contribution in [2.75, 3.05) is 4.90 Å². The first kappa shape index (κ1) is 39.6. The Bertz CT molecular complexity index is 3460. The van der Waals surface area contributed by atoms with Gasteiger partial charge in [0.2, 0.25) is 0 Å². The molecule has 66 heavy (non-hydrogen) atoms. The summed E-state index contributed by atoms with van der Waals surface area (Å²) >= 11 is 3.66. The van der Waals surface area contributed by atoms with Gasteiger partial charge < -0.3 is 9.47 Å². The number of benzene rings is 9. The van der Waals surface area contributed by atoms with Crippen LogP contribution in [-0.2, 0) is 0 Å². The van der Waals surface area contributed by atoms with Gasteiger partial charge in [-0.15, -0.1) is 22.7 Å². The van der Waals surface area contributed by atoms with E-state index in [1.54, 1.807) is 0 Å². The molecular formula is C62H42N2S2. The molecule has 0 bridgehead atoms. The standard InChI is InChI=1S/C62H42N2S2/c1-4-12-43(13-5-1)44-20-31-54(32-21-44)64-57-19-11-10-18-55(57)56-42-50(28-37-58(56)64)45-22-29-51(30-23-45)63(52-33-24-48(25-34-52)61-40-38-59(65-61)46-14-6-2-7-15-46)53-35-26-49(27-36-53)62-41-39-60(66-62)47-16-8-3-9-17-47/h1-42H. The number of thiophene rings is 2. The molecular weight excluding hydrogens is 837 g/mol. The molecule has 0 aliphatic carbocycles. The summed E-state index contributed by atoms with van der Waals surface area (Å²) in [4.78, 5) is 7.43. The van der Waals surface area contributed by atoms with E-state index < -0.39 is 0 Å². The van der Waals surface area contributed by atoms with E-state index in [0.29, 0.717) is 0 Å². The van der Waals surface area contributed by atoms with Crippen LogP contribution >= 0.6 is 22.7 Å². The van der Waals surface area contributed by atoms with Crippen LogP contribution in [0.25, 0.3) is 91.5 Å². The summed E-state index contributed by atoms with van der Waals surface area (Å²) in [5.41, 5.74) is 16.6. The van der Waals surface area contributed by atoms with Crippen LogP contribution in [0.3, 0.4) is 0 Å². The molecule has 0 amide bonds. The second kappa shape index (κ2) is 17.2. The highest BCUT2D eigenvalue weighted by atomic mass is 32.1. The predicted molar refractivity (Wildman–Crippen MR) is 284 cm³/mol. The Hall–Kier alpha value is -8.02. The van der Waals surface area contributed by atoms with Crippen molar-refractivity contribution in [2.24, 2.45) is 0 Å². The number of aromatic nitrogens is 1. The van der Waals surface area contributed by atoms with Gasteiger partial charge in [-0.2, -0.15) is 0 Å². The summed E-state index contributed by atoms with van der Waals surface area (Å²) in [5.74, 6) is 0. The smallest absolute Gasteiger partial charge is 0.0541 e. The fraction of sp³-hybridized carbons (Fsp3) is 0. The first-order valence-corrected chi connectivity index (χ1v) is 23.9. The summed E-state index contributed by atoms with van der Waals surface area (Å²) in [6, 6.07) is 92.5. The van der Waals surface area contributed by atoms with Gasteiger partial charge in [0.05, 0.1) is 11.0 Å². The summed E-state index contributed by atoms with van der Waals surface area (Å²) in [7, 11) is 0. The zero-order valence-electron chi connectivity index (χ0n) is 36.0. The fourth-order valence-corrected chi connectivity index (χ4v) is 11.2. The van der Waals surface area contributed by atoms with Crippen molar-refractivity contribution in [2.45, 2.75) is 0 Å². The molecule has 0 radical (unpaired) electrons. The number of hydrogen-bond donors (Lipinski definition) is 0. The summed E-state index contributed by atoms with van der Waals surface area (Å²) < 4.78 is 2.39. The highest BCUT2D eigenvalue weighted by Crippen LogP contribution is 2.42. The number of nitrogens with zero attached hydrogens (tertiary/aromatic N) is 2. The molecule has 0 fully saturated rings. The Morgan fingerprint density at radius 1 is 0.258 bits per heavy atom. The topological polar surface area (TPSA) is 8.17 Å². The van der Waals surface area contributed by atoms with E-state index in [1.165, 1.54) is 85.8 Å². The molecule has 0 saturated heterocycles. The number of fused-ring (bicyclic) bond motifs is 3. The zero-order valence-corrected chi connectivity index (χ0v) is 37.6. The minimum Gasteiger partial charge on any atom is -0.311 e. The molecule has 0 saturated carbocycles. The van der Waals surface area contributed by atoms with Crippen molar-refractivity contribution in [3.05, 3.63) is 255 Å². The third kappa shape index (κ3) is 7.52. The molecule has 3 aromatic heterocycles. The maximum Gasteiger partial charge on any atom is 0.0541 e. The van der Waals surface area contributed by atoms with Crippen LogP contribution in [0.4, 0.5) is 17.1 Å². The van der Waals surface area contributed by atoms with Gasteiger partial charge >= 0.3 is 0 Å². The van der Waals surface area contributed by atoms with Crippen molar-refractivity contribution >= 4 is 61.5 Å². The Balaban J connectivity index is 0.882. The van der Waals surface area contributed by atoms with E-state index in [9.17, 15) is 0 Å². The monoisotopic (exact) mass is 878 g/mol. The van der Waals surface area contributed by atoms with E-state index in [0.717, 1.165) is 22.7 Å². The first-order chi connectivity index (χ1) is 32.7. The Kier molecular flexibility index (Phi) is 10.3. The van der Waals surface area contributed by atoms with Gasteiger partial charge in [-0.25, -0.2) is 0 Å². The molecule has 312 valence electrons. The van der Waals surface area contributed by atoms with E-state index in [-0.39, 0.29) is 0 Å². The fourth-order valence-electron chi connectivity index (χ4n) is 9.17. The van der Waals surface area contributed by atoms with Gasteiger partial charge in [-0.1, -0.05) is 164 Å². The summed E-state index contributed by atoms with van der Waals surface area (Å²) in [5, 5.41) is 2.48. The van der Waals surface area contributed by atoms with Crippen LogP contribution in [-0.4, -0.2) is 4.57 Å². The van der Waals surface area contributed by atoms with Gasteiger partial charge in [0.1, 0.15) is 0 Å². The van der Waals surface area contributed by atoms with Gasteiger partial charge in [0, 0.05) is 53.0 Å². The van der Waals surface area contributed by atoms with Gasteiger partial charge in [0.15, 0.2) is 0 Å². The lowest BCUT2D eigenvalue weighted by atomic mass is 10.0. The normalized spacial score (nSPS) is 11.3. The highest BCUT2D eigenvalue weighted by Gasteiger charge is 2.17. The number of hydrogen-bond acceptors (Lipinski definition) is 3. The lowest BCUT2D eigenvalue weighted by molar-refractivity contribution is 1.18. The maximum absolute atomic E-state index is 2.39. The van der Waals surface area contributed by atoms with Crippen LogP contribution in [0, 0.1) is 0 Å². The van der Waals surface area contributed by atoms with Crippen molar-refractivity contribution in [3.63, 3.8) is 0 Å².